The van der Waals surface area contributed by atoms with E-state index >= 15 is 0 Å². The highest BCUT2D eigenvalue weighted by Crippen LogP contribution is 2.41. The summed E-state index contributed by atoms with van der Waals surface area (Å²) in [5.41, 5.74) is 1.95. The molecule has 1 unspecified atom stereocenters. The molecule has 3 nitrogen and oxygen atoms in total. The molecule has 0 saturated heterocycles. The smallest absolute Gasteiger partial charge is 0.286 e. The first-order valence-corrected chi connectivity index (χ1v) is 7.74. The van der Waals surface area contributed by atoms with Crippen molar-refractivity contribution in [1.29, 1.82) is 0 Å². The summed E-state index contributed by atoms with van der Waals surface area (Å²) in [7, 11) is 0. The van der Waals surface area contributed by atoms with Gasteiger partial charge in [-0.05, 0) is 36.2 Å². The van der Waals surface area contributed by atoms with Crippen molar-refractivity contribution in [3.8, 4) is 0 Å². The molecule has 7 heteroatoms. The summed E-state index contributed by atoms with van der Waals surface area (Å²) < 4.78 is 41.7. The highest BCUT2D eigenvalue weighted by atomic mass is 35.5. The van der Waals surface area contributed by atoms with Crippen molar-refractivity contribution in [2.75, 3.05) is 0 Å². The second kappa shape index (κ2) is 7.72. The molecule has 25 heavy (non-hydrogen) atoms. The summed E-state index contributed by atoms with van der Waals surface area (Å²) in [5.74, 6) is -0.674. The molecule has 1 amide bonds. The number of rotatable bonds is 6. The number of amides is 1. The molecular weight excluding hydrogens is 353 g/mol. The van der Waals surface area contributed by atoms with Gasteiger partial charge in [0.1, 0.15) is 0 Å². The summed E-state index contributed by atoms with van der Waals surface area (Å²) in [6.45, 7) is 3.41. The highest BCUT2D eigenvalue weighted by molar-refractivity contribution is 6.30. The molecule has 1 atom stereocenters. The van der Waals surface area contributed by atoms with Gasteiger partial charge in [-0.1, -0.05) is 48.0 Å². The predicted octanol–water partition coefficient (Wildman–Crippen LogP) is 4.61. The summed E-state index contributed by atoms with van der Waals surface area (Å²) in [6, 6.07) is 13.2. The molecule has 0 aliphatic carbocycles. The number of benzene rings is 2. The van der Waals surface area contributed by atoms with Crippen LogP contribution in [0.15, 0.2) is 67.3 Å². The monoisotopic (exact) mass is 368 g/mol. The van der Waals surface area contributed by atoms with Crippen LogP contribution in [0.3, 0.4) is 0 Å². The van der Waals surface area contributed by atoms with Crippen LogP contribution in [0, 0.1) is 0 Å². The molecule has 0 heterocycles. The fourth-order valence-electron chi connectivity index (χ4n) is 2.37. The standard InChI is InChI=1S/C18H16ClF3N2O/c1-2-12-17(18(20,21)22,14-8-10-15(19)11-9-14)24-23-16(25)13-6-4-3-5-7-13/h2-11,24H,1,12H2,(H,23,25). The van der Waals surface area contributed by atoms with Crippen LogP contribution in [-0.4, -0.2) is 12.1 Å². The maximum atomic E-state index is 13.9. The van der Waals surface area contributed by atoms with E-state index in [2.05, 4.69) is 17.4 Å². The van der Waals surface area contributed by atoms with Crippen LogP contribution in [0.5, 0.6) is 0 Å². The zero-order valence-electron chi connectivity index (χ0n) is 13.1. The van der Waals surface area contributed by atoms with E-state index in [-0.39, 0.29) is 11.1 Å². The molecule has 0 fully saturated rings. The number of alkyl halides is 3. The second-order valence-electron chi connectivity index (χ2n) is 5.35. The van der Waals surface area contributed by atoms with Crippen molar-refractivity contribution in [2.45, 2.75) is 18.1 Å². The second-order valence-corrected chi connectivity index (χ2v) is 5.78. The zero-order chi connectivity index (χ0) is 18.5. The van der Waals surface area contributed by atoms with Crippen molar-refractivity contribution in [3.05, 3.63) is 83.4 Å². The predicted molar refractivity (Wildman–Crippen MR) is 91.0 cm³/mol. The SMILES string of the molecule is C=CCC(NNC(=O)c1ccccc1)(c1ccc(Cl)cc1)C(F)(F)F. The lowest BCUT2D eigenvalue weighted by atomic mass is 9.86. The number of nitrogens with one attached hydrogen (secondary N) is 2. The summed E-state index contributed by atoms with van der Waals surface area (Å²) in [5, 5.41) is 0.312. The van der Waals surface area contributed by atoms with Gasteiger partial charge in [0.15, 0.2) is 5.54 Å². The van der Waals surface area contributed by atoms with E-state index in [4.69, 9.17) is 11.6 Å². The third kappa shape index (κ3) is 4.21. The minimum absolute atomic E-state index is 0.0855. The zero-order valence-corrected chi connectivity index (χ0v) is 13.9. The van der Waals surface area contributed by atoms with E-state index in [0.717, 1.165) is 6.08 Å². The number of carbonyl (C=O) groups excluding carboxylic acids is 1. The summed E-state index contributed by atoms with van der Waals surface area (Å²) >= 11 is 5.77. The molecule has 0 spiro atoms. The largest absolute Gasteiger partial charge is 0.412 e. The molecule has 132 valence electrons. The van der Waals surface area contributed by atoms with Gasteiger partial charge in [0, 0.05) is 10.6 Å². The molecule has 2 aromatic carbocycles. The normalized spacial score (nSPS) is 13.8. The number of hydrogen-bond acceptors (Lipinski definition) is 2. The van der Waals surface area contributed by atoms with E-state index in [1.165, 1.54) is 36.4 Å². The lowest BCUT2D eigenvalue weighted by Crippen LogP contribution is -2.59. The third-order valence-electron chi connectivity index (χ3n) is 3.70. The molecule has 2 aromatic rings. The van der Waals surface area contributed by atoms with Crippen LogP contribution >= 0.6 is 11.6 Å². The van der Waals surface area contributed by atoms with Gasteiger partial charge in [-0.3, -0.25) is 10.2 Å². The lowest BCUT2D eigenvalue weighted by molar-refractivity contribution is -0.202. The Morgan fingerprint density at radius 3 is 2.20 bits per heavy atom. The Kier molecular flexibility index (Phi) is 5.87. The van der Waals surface area contributed by atoms with Crippen LogP contribution in [0.25, 0.3) is 0 Å². The molecule has 0 saturated carbocycles. The lowest BCUT2D eigenvalue weighted by Gasteiger charge is -2.36. The maximum Gasteiger partial charge on any atom is 0.412 e. The van der Waals surface area contributed by atoms with E-state index in [1.54, 1.807) is 18.2 Å². The third-order valence-corrected chi connectivity index (χ3v) is 3.95. The van der Waals surface area contributed by atoms with Crippen LogP contribution in [0.2, 0.25) is 5.02 Å². The number of hydrogen-bond donors (Lipinski definition) is 2. The van der Waals surface area contributed by atoms with Crippen LogP contribution in [0.1, 0.15) is 22.3 Å². The van der Waals surface area contributed by atoms with E-state index in [1.807, 2.05) is 0 Å². The van der Waals surface area contributed by atoms with Crippen molar-refractivity contribution < 1.29 is 18.0 Å². The minimum atomic E-state index is -4.70. The Morgan fingerprint density at radius 2 is 1.68 bits per heavy atom. The summed E-state index contributed by atoms with van der Waals surface area (Å²) in [4.78, 5) is 12.1. The Bertz CT molecular complexity index is 732. The first-order valence-electron chi connectivity index (χ1n) is 7.36. The van der Waals surface area contributed by atoms with Crippen molar-refractivity contribution in [3.63, 3.8) is 0 Å². The molecule has 0 aliphatic rings. The van der Waals surface area contributed by atoms with Crippen LogP contribution in [-0.2, 0) is 5.54 Å². The van der Waals surface area contributed by atoms with Gasteiger partial charge >= 0.3 is 6.18 Å². The van der Waals surface area contributed by atoms with Gasteiger partial charge in [-0.2, -0.15) is 13.2 Å². The van der Waals surface area contributed by atoms with E-state index in [0.29, 0.717) is 5.02 Å². The molecular formula is C18H16ClF3N2O. The number of halogens is 4. The molecule has 0 bridgehead atoms. The van der Waals surface area contributed by atoms with E-state index < -0.39 is 24.0 Å². The first kappa shape index (κ1) is 19.0. The summed E-state index contributed by atoms with van der Waals surface area (Å²) in [6.07, 6.45) is -4.03. The minimum Gasteiger partial charge on any atom is -0.286 e. The van der Waals surface area contributed by atoms with Crippen molar-refractivity contribution in [2.24, 2.45) is 0 Å². The van der Waals surface area contributed by atoms with E-state index in [9.17, 15) is 18.0 Å². The Morgan fingerprint density at radius 1 is 1.08 bits per heavy atom. The quantitative estimate of drug-likeness (QED) is 0.577. The average Bonchev–Trinajstić information content (AvgIpc) is 2.59. The number of carbonyl (C=O) groups is 1. The fraction of sp³-hybridized carbons (Fsp3) is 0.167. The fourth-order valence-corrected chi connectivity index (χ4v) is 2.49. The van der Waals surface area contributed by atoms with Gasteiger partial charge in [-0.15, -0.1) is 6.58 Å². The van der Waals surface area contributed by atoms with Crippen LogP contribution in [0.4, 0.5) is 13.2 Å². The van der Waals surface area contributed by atoms with Gasteiger partial charge in [0.25, 0.3) is 5.91 Å². The molecule has 0 radical (unpaired) electrons. The maximum absolute atomic E-state index is 13.9. The molecule has 2 N–H and O–H groups in total. The Balaban J connectivity index is 2.35. The van der Waals surface area contributed by atoms with Gasteiger partial charge in [0.05, 0.1) is 0 Å². The highest BCUT2D eigenvalue weighted by Gasteiger charge is 2.55. The van der Waals surface area contributed by atoms with Crippen molar-refractivity contribution >= 4 is 17.5 Å². The van der Waals surface area contributed by atoms with Crippen molar-refractivity contribution in [1.82, 2.24) is 10.9 Å². The topological polar surface area (TPSA) is 41.1 Å². The Labute approximate surface area is 148 Å². The molecule has 0 aliphatic heterocycles. The van der Waals surface area contributed by atoms with Gasteiger partial charge < -0.3 is 0 Å². The molecule has 0 aromatic heterocycles. The first-order chi connectivity index (χ1) is 11.8. The average molecular weight is 369 g/mol. The number of hydrazine groups is 1. The Hall–Kier alpha value is -2.31. The molecule has 2 rings (SSSR count). The van der Waals surface area contributed by atoms with Crippen LogP contribution < -0.4 is 10.9 Å². The van der Waals surface area contributed by atoms with Gasteiger partial charge in [-0.25, -0.2) is 5.43 Å². The van der Waals surface area contributed by atoms with Gasteiger partial charge in [0.2, 0.25) is 0 Å².